The Morgan fingerprint density at radius 1 is 1.17 bits per heavy atom. The van der Waals surface area contributed by atoms with Gasteiger partial charge < -0.3 is 30.3 Å². The average molecular weight is 180 g/mol. The molecule has 6 nitrogen and oxygen atoms in total. The molecule has 1 aliphatic heterocycles. The van der Waals surface area contributed by atoms with Gasteiger partial charge in [-0.05, 0) is 0 Å². The third-order valence-electron chi connectivity index (χ3n) is 1.84. The van der Waals surface area contributed by atoms with Gasteiger partial charge in [0.1, 0.15) is 24.4 Å². The minimum Gasteiger partial charge on any atom is -0.394 e. The van der Waals surface area contributed by atoms with Crippen molar-refractivity contribution in [1.29, 1.82) is 0 Å². The van der Waals surface area contributed by atoms with Crippen LogP contribution in [0.15, 0.2) is 0 Å². The summed E-state index contributed by atoms with van der Waals surface area (Å²) in [7, 11) is 0. The number of hydrogen-bond acceptors (Lipinski definition) is 6. The monoisotopic (exact) mass is 180 g/mol. The summed E-state index contributed by atoms with van der Waals surface area (Å²) in [6, 6.07) is 0. The Kier molecular flexibility index (Phi) is 2.99. The fraction of sp³-hybridized carbons (Fsp3) is 1.00. The predicted octanol–water partition coefficient (Wildman–Crippen LogP) is -3.22. The van der Waals surface area contributed by atoms with Gasteiger partial charge in [0, 0.05) is 0 Å². The Labute approximate surface area is 68.6 Å². The van der Waals surface area contributed by atoms with Gasteiger partial charge in [-0.2, -0.15) is 0 Å². The van der Waals surface area contributed by atoms with Crippen molar-refractivity contribution < 1.29 is 30.3 Å². The highest BCUT2D eigenvalue weighted by molar-refractivity contribution is 4.89. The summed E-state index contributed by atoms with van der Waals surface area (Å²) in [5.74, 6) is 0. The van der Waals surface area contributed by atoms with E-state index in [0.717, 1.165) is 0 Å². The molecule has 0 aromatic carbocycles. The maximum Gasteiger partial charge on any atom is 0.184 e. The summed E-state index contributed by atoms with van der Waals surface area (Å²) in [6.07, 6.45) is -6.75. The van der Waals surface area contributed by atoms with E-state index in [4.69, 9.17) is 25.5 Å². The minimum absolute atomic E-state index is 0.596. The van der Waals surface area contributed by atoms with Crippen molar-refractivity contribution in [3.8, 4) is 0 Å². The van der Waals surface area contributed by atoms with Crippen molar-refractivity contribution in [3.63, 3.8) is 0 Å². The van der Waals surface area contributed by atoms with E-state index in [1.165, 1.54) is 0 Å². The van der Waals surface area contributed by atoms with Crippen LogP contribution in [0.3, 0.4) is 0 Å². The molecule has 6 heteroatoms. The molecule has 0 radical (unpaired) electrons. The number of aliphatic hydroxyl groups excluding tert-OH is 5. The van der Waals surface area contributed by atoms with Crippen LogP contribution >= 0.6 is 0 Å². The molecule has 5 N–H and O–H groups in total. The van der Waals surface area contributed by atoms with Gasteiger partial charge in [-0.25, -0.2) is 0 Å². The van der Waals surface area contributed by atoms with Crippen LogP contribution in [0.4, 0.5) is 0 Å². The van der Waals surface area contributed by atoms with Crippen molar-refractivity contribution in [2.45, 2.75) is 30.7 Å². The first-order valence-electron chi connectivity index (χ1n) is 3.56. The summed E-state index contributed by atoms with van der Waals surface area (Å²) >= 11 is 0. The zero-order valence-corrected chi connectivity index (χ0v) is 6.24. The van der Waals surface area contributed by atoms with Crippen molar-refractivity contribution in [3.05, 3.63) is 0 Å². The molecule has 1 rings (SSSR count). The molecule has 0 saturated carbocycles. The number of ether oxygens (including phenoxy) is 1. The molecule has 72 valence electrons. The Balaban J connectivity index is 2.58. The highest BCUT2D eigenvalue weighted by Crippen LogP contribution is 2.21. The molecule has 0 amide bonds. The Morgan fingerprint density at radius 2 is 1.75 bits per heavy atom. The van der Waals surface area contributed by atoms with E-state index in [1.807, 2.05) is 0 Å². The first kappa shape index (κ1) is 9.85. The SMILES string of the molecule is OC[C@@H](O)[C@H]1OC(O)[C@H](O)[C@@H]1O. The molecule has 1 unspecified atom stereocenters. The summed E-state index contributed by atoms with van der Waals surface area (Å²) < 4.78 is 4.58. The average Bonchev–Trinajstić information content (AvgIpc) is 2.32. The first-order valence-corrected chi connectivity index (χ1v) is 3.56. The van der Waals surface area contributed by atoms with E-state index in [2.05, 4.69) is 4.74 Å². The Bertz CT molecular complexity index is 151. The zero-order chi connectivity index (χ0) is 9.30. The molecule has 0 aliphatic carbocycles. The molecule has 0 spiro atoms. The maximum absolute atomic E-state index is 9.12. The molecule has 12 heavy (non-hydrogen) atoms. The molecule has 0 bridgehead atoms. The van der Waals surface area contributed by atoms with Gasteiger partial charge in [-0.3, -0.25) is 0 Å². The summed E-state index contributed by atoms with van der Waals surface area (Å²) in [4.78, 5) is 0. The van der Waals surface area contributed by atoms with Crippen LogP contribution in [0.5, 0.6) is 0 Å². The fourth-order valence-electron chi connectivity index (χ4n) is 1.11. The molecule has 1 saturated heterocycles. The van der Waals surface area contributed by atoms with Crippen LogP contribution in [0.2, 0.25) is 0 Å². The van der Waals surface area contributed by atoms with Gasteiger partial charge >= 0.3 is 0 Å². The third-order valence-corrected chi connectivity index (χ3v) is 1.84. The standard InChI is InChI=1S/C6H12O6/c7-1-2(8)5-3(9)4(10)6(11)12-5/h2-11H,1H2/t2-,3+,4-,5-,6?/m1/s1. The molecule has 1 heterocycles. The second kappa shape index (κ2) is 3.65. The van der Waals surface area contributed by atoms with Crippen LogP contribution in [-0.4, -0.2) is 62.8 Å². The highest BCUT2D eigenvalue weighted by atomic mass is 16.6. The second-order valence-corrected chi connectivity index (χ2v) is 2.72. The maximum atomic E-state index is 9.12. The van der Waals surface area contributed by atoms with E-state index in [1.54, 1.807) is 0 Å². The van der Waals surface area contributed by atoms with Crippen LogP contribution in [-0.2, 0) is 4.74 Å². The van der Waals surface area contributed by atoms with Crippen molar-refractivity contribution in [2.75, 3.05) is 6.61 Å². The minimum atomic E-state index is -1.51. The lowest BCUT2D eigenvalue weighted by Crippen LogP contribution is -2.40. The van der Waals surface area contributed by atoms with E-state index >= 15 is 0 Å². The van der Waals surface area contributed by atoms with Gasteiger partial charge in [0.05, 0.1) is 6.61 Å². The van der Waals surface area contributed by atoms with Crippen LogP contribution in [0, 0.1) is 0 Å². The predicted molar refractivity (Wildman–Crippen MR) is 36.0 cm³/mol. The molecular weight excluding hydrogens is 168 g/mol. The largest absolute Gasteiger partial charge is 0.394 e. The van der Waals surface area contributed by atoms with Crippen molar-refractivity contribution in [1.82, 2.24) is 0 Å². The van der Waals surface area contributed by atoms with Crippen molar-refractivity contribution >= 4 is 0 Å². The van der Waals surface area contributed by atoms with Gasteiger partial charge in [0.15, 0.2) is 6.29 Å². The quantitative estimate of drug-likeness (QED) is 0.306. The van der Waals surface area contributed by atoms with Gasteiger partial charge in [-0.1, -0.05) is 0 Å². The lowest BCUT2D eigenvalue weighted by Gasteiger charge is -2.18. The van der Waals surface area contributed by atoms with Crippen LogP contribution in [0.1, 0.15) is 0 Å². The highest BCUT2D eigenvalue weighted by Gasteiger charge is 2.44. The smallest absolute Gasteiger partial charge is 0.184 e. The van der Waals surface area contributed by atoms with E-state index in [0.29, 0.717) is 0 Å². The van der Waals surface area contributed by atoms with Gasteiger partial charge in [0.25, 0.3) is 0 Å². The second-order valence-electron chi connectivity index (χ2n) is 2.72. The van der Waals surface area contributed by atoms with Crippen molar-refractivity contribution in [2.24, 2.45) is 0 Å². The number of hydrogen-bond donors (Lipinski definition) is 5. The molecule has 1 fully saturated rings. The molecule has 0 aromatic rings. The van der Waals surface area contributed by atoms with E-state index < -0.39 is 37.3 Å². The third kappa shape index (κ3) is 1.58. The topological polar surface area (TPSA) is 110 Å². The Hall–Kier alpha value is -0.240. The van der Waals surface area contributed by atoms with E-state index in [-0.39, 0.29) is 0 Å². The molecular formula is C6H12O6. The fourth-order valence-corrected chi connectivity index (χ4v) is 1.11. The van der Waals surface area contributed by atoms with E-state index in [9.17, 15) is 0 Å². The molecule has 1 aliphatic rings. The summed E-state index contributed by atoms with van der Waals surface area (Å²) in [5.41, 5.74) is 0. The normalized spacial score (nSPS) is 44.8. The number of aliphatic hydroxyl groups is 5. The first-order chi connectivity index (χ1) is 5.57. The van der Waals surface area contributed by atoms with Gasteiger partial charge in [0.2, 0.25) is 0 Å². The van der Waals surface area contributed by atoms with Crippen LogP contribution in [0.25, 0.3) is 0 Å². The lowest BCUT2D eigenvalue weighted by atomic mass is 10.1. The lowest BCUT2D eigenvalue weighted by molar-refractivity contribution is -0.150. The number of rotatable bonds is 2. The van der Waals surface area contributed by atoms with Gasteiger partial charge in [-0.15, -0.1) is 0 Å². The zero-order valence-electron chi connectivity index (χ0n) is 6.24. The Morgan fingerprint density at radius 3 is 2.08 bits per heavy atom. The molecule has 5 atom stereocenters. The molecule has 0 aromatic heterocycles. The summed E-state index contributed by atoms with van der Waals surface area (Å²) in [6.45, 7) is -0.596. The summed E-state index contributed by atoms with van der Waals surface area (Å²) in [5, 5.41) is 44.4. The van der Waals surface area contributed by atoms with Crippen LogP contribution < -0.4 is 0 Å².